The van der Waals surface area contributed by atoms with Gasteiger partial charge in [0.25, 0.3) is 0 Å². The number of hydrogen-bond acceptors (Lipinski definition) is 8. The third-order valence-electron chi connectivity index (χ3n) is 8.76. The van der Waals surface area contributed by atoms with Crippen LogP contribution in [0.25, 0.3) is 0 Å². The van der Waals surface area contributed by atoms with E-state index in [9.17, 15) is 25.1 Å². The number of alkyl halides is 1. The molecule has 1 saturated carbocycles. The molecule has 0 radical (unpaired) electrons. The summed E-state index contributed by atoms with van der Waals surface area (Å²) in [6.45, 7) is 1.49. The van der Waals surface area contributed by atoms with Gasteiger partial charge in [0.05, 0.1) is 30.4 Å². The number of methoxy groups -OCH3 is 1. The Hall–Kier alpha value is -4.02. The number of benzene rings is 2. The number of aliphatic hydroxyl groups is 2. The van der Waals surface area contributed by atoms with E-state index < -0.39 is 35.3 Å². The molecule has 1 aromatic heterocycles. The molecule has 40 heavy (non-hydrogen) atoms. The predicted molar refractivity (Wildman–Crippen MR) is 142 cm³/mol. The standard InChI is InChI=1S/C31H29FN4O4/c1-39-29-27-25(15-23(17-34)35-29)40-31(21-9-7-19(16-33)8-10-21)26(20-5-3-2-4-6-20)24(28(37)30(27,31)38)18-36-13-11-22(32)12-14-36/h2-10,15,22,24,26,28,37-38H,11-14,18H2,1H3. The van der Waals surface area contributed by atoms with Crippen molar-refractivity contribution in [1.82, 2.24) is 9.88 Å². The highest BCUT2D eigenvalue weighted by atomic mass is 19.1. The van der Waals surface area contributed by atoms with Gasteiger partial charge < -0.3 is 24.6 Å². The molecule has 1 aliphatic carbocycles. The van der Waals surface area contributed by atoms with E-state index in [1.54, 1.807) is 24.3 Å². The quantitative estimate of drug-likeness (QED) is 0.504. The molecule has 5 atom stereocenters. The number of halogens is 1. The molecule has 0 bridgehead atoms. The van der Waals surface area contributed by atoms with Crippen LogP contribution in [-0.4, -0.2) is 59.1 Å². The van der Waals surface area contributed by atoms with Crippen molar-refractivity contribution in [2.24, 2.45) is 5.92 Å². The summed E-state index contributed by atoms with van der Waals surface area (Å²) in [6.07, 6.45) is -1.36. The molecule has 204 valence electrons. The summed E-state index contributed by atoms with van der Waals surface area (Å²) in [7, 11) is 1.39. The van der Waals surface area contributed by atoms with Crippen molar-refractivity contribution in [3.05, 3.63) is 88.6 Å². The largest absolute Gasteiger partial charge is 0.481 e. The first-order valence-corrected chi connectivity index (χ1v) is 13.4. The number of likely N-dealkylation sites (tertiary alicyclic amines) is 1. The first-order chi connectivity index (χ1) is 19.4. The third kappa shape index (κ3) is 3.70. The van der Waals surface area contributed by atoms with Crippen LogP contribution in [0, 0.1) is 28.6 Å². The lowest BCUT2D eigenvalue weighted by atomic mass is 9.70. The SMILES string of the molecule is COc1nc(C#N)cc2c1C1(O)C(O)C(CN3CCC(F)CC3)C(c3ccccc3)C1(c1ccc(C#N)cc1)O2. The molecule has 5 unspecified atom stereocenters. The van der Waals surface area contributed by atoms with Crippen molar-refractivity contribution in [3.8, 4) is 23.8 Å². The summed E-state index contributed by atoms with van der Waals surface area (Å²) in [5.41, 5.74) is -1.54. The van der Waals surface area contributed by atoms with E-state index in [0.29, 0.717) is 43.6 Å². The maximum Gasteiger partial charge on any atom is 0.224 e. The molecule has 2 aromatic carbocycles. The van der Waals surface area contributed by atoms with Crippen molar-refractivity contribution in [1.29, 1.82) is 10.5 Å². The first kappa shape index (κ1) is 26.2. The van der Waals surface area contributed by atoms with E-state index in [0.717, 1.165) is 5.56 Å². The van der Waals surface area contributed by atoms with Gasteiger partial charge in [0, 0.05) is 37.5 Å². The molecular weight excluding hydrogens is 511 g/mol. The van der Waals surface area contributed by atoms with Crippen LogP contribution < -0.4 is 9.47 Å². The molecular formula is C31H29FN4O4. The Balaban J connectivity index is 1.61. The number of aliphatic hydroxyl groups excluding tert-OH is 1. The number of aromatic nitrogens is 1. The van der Waals surface area contributed by atoms with Gasteiger partial charge in [-0.3, -0.25) is 0 Å². The van der Waals surface area contributed by atoms with E-state index in [1.807, 2.05) is 36.4 Å². The van der Waals surface area contributed by atoms with E-state index in [4.69, 9.17) is 9.47 Å². The van der Waals surface area contributed by atoms with E-state index >= 15 is 0 Å². The molecule has 2 N–H and O–H groups in total. The fourth-order valence-electron chi connectivity index (χ4n) is 7.01. The van der Waals surface area contributed by atoms with Gasteiger partial charge in [0.1, 0.15) is 23.7 Å². The third-order valence-corrected chi connectivity index (χ3v) is 8.76. The monoisotopic (exact) mass is 540 g/mol. The second kappa shape index (κ2) is 9.87. The Bertz CT molecular complexity index is 1500. The Morgan fingerprint density at radius 3 is 2.42 bits per heavy atom. The minimum Gasteiger partial charge on any atom is -0.481 e. The van der Waals surface area contributed by atoms with Crippen molar-refractivity contribution in [3.63, 3.8) is 0 Å². The van der Waals surface area contributed by atoms with Gasteiger partial charge in [0.2, 0.25) is 5.88 Å². The lowest BCUT2D eigenvalue weighted by Crippen LogP contribution is -2.52. The average molecular weight is 541 g/mol. The molecule has 6 rings (SSSR count). The molecule has 3 aliphatic rings. The summed E-state index contributed by atoms with van der Waals surface area (Å²) in [4.78, 5) is 6.42. The average Bonchev–Trinajstić information content (AvgIpc) is 3.36. The Kier molecular flexibility index (Phi) is 6.47. The molecule has 2 fully saturated rings. The lowest BCUT2D eigenvalue weighted by Gasteiger charge is -2.41. The highest BCUT2D eigenvalue weighted by Crippen LogP contribution is 2.69. The van der Waals surface area contributed by atoms with Gasteiger partial charge in [-0.25, -0.2) is 9.37 Å². The van der Waals surface area contributed by atoms with Crippen molar-refractivity contribution in [2.75, 3.05) is 26.7 Å². The van der Waals surface area contributed by atoms with Crippen LogP contribution in [0.3, 0.4) is 0 Å². The molecule has 9 heteroatoms. The van der Waals surface area contributed by atoms with Crippen LogP contribution in [0.2, 0.25) is 0 Å². The van der Waals surface area contributed by atoms with Gasteiger partial charge in [0.15, 0.2) is 11.2 Å². The van der Waals surface area contributed by atoms with Crippen LogP contribution in [0.4, 0.5) is 4.39 Å². The normalized spacial score (nSPS) is 29.6. The zero-order valence-corrected chi connectivity index (χ0v) is 22.0. The second-order valence-electron chi connectivity index (χ2n) is 10.8. The van der Waals surface area contributed by atoms with Crippen LogP contribution in [0.15, 0.2) is 60.7 Å². The number of pyridine rings is 1. The maximum absolute atomic E-state index is 14.0. The topological polar surface area (TPSA) is 123 Å². The minimum atomic E-state index is -2.04. The highest BCUT2D eigenvalue weighted by Gasteiger charge is 2.77. The molecule has 0 spiro atoms. The van der Waals surface area contributed by atoms with E-state index in [2.05, 4.69) is 16.0 Å². The summed E-state index contributed by atoms with van der Waals surface area (Å²) >= 11 is 0. The van der Waals surface area contributed by atoms with E-state index in [-0.39, 0.29) is 22.9 Å². The summed E-state index contributed by atoms with van der Waals surface area (Å²) in [5, 5.41) is 44.2. The fourth-order valence-corrected chi connectivity index (χ4v) is 7.01. The van der Waals surface area contributed by atoms with Crippen LogP contribution in [0.1, 0.15) is 46.7 Å². The molecule has 3 heterocycles. The van der Waals surface area contributed by atoms with Crippen LogP contribution >= 0.6 is 0 Å². The lowest BCUT2D eigenvalue weighted by molar-refractivity contribution is -0.152. The maximum atomic E-state index is 14.0. The predicted octanol–water partition coefficient (Wildman–Crippen LogP) is 3.52. The minimum absolute atomic E-state index is 0.00294. The molecule has 8 nitrogen and oxygen atoms in total. The van der Waals surface area contributed by atoms with Crippen LogP contribution in [-0.2, 0) is 11.2 Å². The Morgan fingerprint density at radius 1 is 1.10 bits per heavy atom. The number of hydrogen-bond donors (Lipinski definition) is 2. The molecule has 0 amide bonds. The Labute approximate surface area is 231 Å². The number of nitrogens with zero attached hydrogens (tertiary/aromatic N) is 4. The van der Waals surface area contributed by atoms with Crippen molar-refractivity contribution >= 4 is 0 Å². The highest BCUT2D eigenvalue weighted by molar-refractivity contribution is 5.60. The molecule has 1 saturated heterocycles. The van der Waals surface area contributed by atoms with Gasteiger partial charge in [-0.2, -0.15) is 10.5 Å². The summed E-state index contributed by atoms with van der Waals surface area (Å²) in [5.74, 6) is -0.913. The Morgan fingerprint density at radius 2 is 1.80 bits per heavy atom. The van der Waals surface area contributed by atoms with Crippen molar-refractivity contribution < 1.29 is 24.1 Å². The summed E-state index contributed by atoms with van der Waals surface area (Å²) in [6, 6.07) is 21.9. The van der Waals surface area contributed by atoms with Gasteiger partial charge in [-0.05, 0) is 36.1 Å². The van der Waals surface area contributed by atoms with Crippen molar-refractivity contribution in [2.45, 2.75) is 42.2 Å². The zero-order chi connectivity index (χ0) is 28.1. The molecule has 2 aliphatic heterocycles. The number of ether oxygens (including phenoxy) is 2. The first-order valence-electron chi connectivity index (χ1n) is 13.4. The van der Waals surface area contributed by atoms with Gasteiger partial charge >= 0.3 is 0 Å². The zero-order valence-electron chi connectivity index (χ0n) is 22.0. The van der Waals surface area contributed by atoms with Gasteiger partial charge in [-0.15, -0.1) is 0 Å². The summed E-state index contributed by atoms with van der Waals surface area (Å²) < 4.78 is 26.4. The van der Waals surface area contributed by atoms with E-state index in [1.165, 1.54) is 13.2 Å². The molecule has 3 aromatic rings. The number of piperidine rings is 1. The second-order valence-corrected chi connectivity index (χ2v) is 10.8. The fraction of sp³-hybridized carbons (Fsp3) is 0.387. The number of rotatable bonds is 5. The smallest absolute Gasteiger partial charge is 0.224 e. The number of fused-ring (bicyclic) bond motifs is 3. The van der Waals surface area contributed by atoms with Gasteiger partial charge in [-0.1, -0.05) is 42.5 Å². The number of nitriles is 2. The van der Waals surface area contributed by atoms with Crippen LogP contribution in [0.5, 0.6) is 11.6 Å².